The summed E-state index contributed by atoms with van der Waals surface area (Å²) in [7, 11) is 1.72. The molecule has 2 N–H and O–H groups in total. The first-order valence-electron chi connectivity index (χ1n) is 8.86. The molecule has 0 radical (unpaired) electrons. The van der Waals surface area contributed by atoms with Crippen LogP contribution in [0.15, 0.2) is 53.5 Å². The fourth-order valence-corrected chi connectivity index (χ4v) is 2.91. The van der Waals surface area contributed by atoms with Gasteiger partial charge >= 0.3 is 0 Å². The SMILES string of the molecule is CN=C(NCc1ccccc1)NCc1ccc(N2CCOCC2)c(F)c1.I. The van der Waals surface area contributed by atoms with Crippen LogP contribution >= 0.6 is 24.0 Å². The van der Waals surface area contributed by atoms with E-state index >= 15 is 0 Å². The minimum atomic E-state index is -0.196. The molecule has 2 aromatic carbocycles. The van der Waals surface area contributed by atoms with Crippen molar-refractivity contribution in [2.24, 2.45) is 4.99 Å². The van der Waals surface area contributed by atoms with Crippen LogP contribution in [0, 0.1) is 5.82 Å². The van der Waals surface area contributed by atoms with Crippen molar-refractivity contribution < 1.29 is 9.13 Å². The molecule has 1 aliphatic rings. The largest absolute Gasteiger partial charge is 0.378 e. The lowest BCUT2D eigenvalue weighted by atomic mass is 10.1. The van der Waals surface area contributed by atoms with Gasteiger partial charge in [0.2, 0.25) is 0 Å². The van der Waals surface area contributed by atoms with Crippen molar-refractivity contribution in [1.82, 2.24) is 10.6 Å². The van der Waals surface area contributed by atoms with E-state index in [1.165, 1.54) is 5.56 Å². The molecule has 1 heterocycles. The molecule has 0 atom stereocenters. The van der Waals surface area contributed by atoms with Crippen LogP contribution in [0.4, 0.5) is 10.1 Å². The van der Waals surface area contributed by atoms with Gasteiger partial charge in [0.05, 0.1) is 18.9 Å². The Balaban J connectivity index is 0.00000261. The summed E-state index contributed by atoms with van der Waals surface area (Å²) in [5.74, 6) is 0.491. The number of aliphatic imine (C=N–C) groups is 1. The third-order valence-electron chi connectivity index (χ3n) is 4.35. The molecule has 27 heavy (non-hydrogen) atoms. The number of halogens is 2. The molecule has 0 spiro atoms. The highest BCUT2D eigenvalue weighted by Gasteiger charge is 2.15. The second kappa shape index (κ2) is 11.1. The van der Waals surface area contributed by atoms with E-state index in [1.54, 1.807) is 13.1 Å². The van der Waals surface area contributed by atoms with Gasteiger partial charge in [-0.3, -0.25) is 4.99 Å². The highest BCUT2D eigenvalue weighted by molar-refractivity contribution is 14.0. The number of benzene rings is 2. The average Bonchev–Trinajstić information content (AvgIpc) is 2.69. The first-order valence-corrected chi connectivity index (χ1v) is 8.86. The van der Waals surface area contributed by atoms with Crippen LogP contribution in [0.3, 0.4) is 0 Å². The van der Waals surface area contributed by atoms with Gasteiger partial charge in [-0.2, -0.15) is 0 Å². The summed E-state index contributed by atoms with van der Waals surface area (Å²) in [6.45, 7) is 3.94. The van der Waals surface area contributed by atoms with Crippen molar-refractivity contribution in [1.29, 1.82) is 0 Å². The maximum absolute atomic E-state index is 14.5. The Morgan fingerprint density at radius 1 is 1.04 bits per heavy atom. The molecule has 1 saturated heterocycles. The Morgan fingerprint density at radius 2 is 1.70 bits per heavy atom. The number of hydrogen-bond donors (Lipinski definition) is 2. The van der Waals surface area contributed by atoms with Gasteiger partial charge < -0.3 is 20.3 Å². The third kappa shape index (κ3) is 6.35. The van der Waals surface area contributed by atoms with Gasteiger partial charge in [-0.1, -0.05) is 36.4 Å². The third-order valence-corrected chi connectivity index (χ3v) is 4.35. The van der Waals surface area contributed by atoms with Crippen LogP contribution in [0.1, 0.15) is 11.1 Å². The molecule has 5 nitrogen and oxygen atoms in total. The summed E-state index contributed by atoms with van der Waals surface area (Å²) in [6, 6.07) is 15.5. The van der Waals surface area contributed by atoms with Crippen LogP contribution < -0.4 is 15.5 Å². The van der Waals surface area contributed by atoms with Gasteiger partial charge in [0.25, 0.3) is 0 Å². The molecule has 0 unspecified atom stereocenters. The Bertz CT molecular complexity index is 736. The van der Waals surface area contributed by atoms with E-state index in [2.05, 4.69) is 27.8 Å². The van der Waals surface area contributed by atoms with Crippen molar-refractivity contribution in [3.8, 4) is 0 Å². The first-order chi connectivity index (χ1) is 12.8. The number of hydrogen-bond acceptors (Lipinski definition) is 3. The van der Waals surface area contributed by atoms with E-state index in [0.29, 0.717) is 38.0 Å². The first kappa shape index (κ1) is 21.4. The van der Waals surface area contributed by atoms with Crippen LogP contribution in [-0.4, -0.2) is 39.3 Å². The van der Waals surface area contributed by atoms with Crippen LogP contribution in [0.25, 0.3) is 0 Å². The molecular weight excluding hydrogens is 458 g/mol. The summed E-state index contributed by atoms with van der Waals surface area (Å²) in [5.41, 5.74) is 2.70. The van der Waals surface area contributed by atoms with Crippen LogP contribution in [0.2, 0.25) is 0 Å². The molecule has 0 saturated carbocycles. The fourth-order valence-electron chi connectivity index (χ4n) is 2.91. The van der Waals surface area contributed by atoms with Gasteiger partial charge in [-0.15, -0.1) is 24.0 Å². The maximum Gasteiger partial charge on any atom is 0.191 e. The van der Waals surface area contributed by atoms with Gasteiger partial charge in [-0.25, -0.2) is 4.39 Å². The number of rotatable bonds is 5. The second-order valence-corrected chi connectivity index (χ2v) is 6.15. The monoisotopic (exact) mass is 484 g/mol. The molecule has 0 aliphatic carbocycles. The number of nitrogens with one attached hydrogen (secondary N) is 2. The fraction of sp³-hybridized carbons (Fsp3) is 0.350. The van der Waals surface area contributed by atoms with Crippen molar-refractivity contribution in [3.63, 3.8) is 0 Å². The molecule has 0 bridgehead atoms. The summed E-state index contributed by atoms with van der Waals surface area (Å²) < 4.78 is 19.8. The highest BCUT2D eigenvalue weighted by atomic mass is 127. The topological polar surface area (TPSA) is 48.9 Å². The summed E-state index contributed by atoms with van der Waals surface area (Å²) in [6.07, 6.45) is 0. The van der Waals surface area contributed by atoms with E-state index in [-0.39, 0.29) is 29.8 Å². The Kier molecular flexibility index (Phi) is 8.80. The number of morpholine rings is 1. The smallest absolute Gasteiger partial charge is 0.191 e. The number of nitrogens with zero attached hydrogens (tertiary/aromatic N) is 2. The predicted octanol–water partition coefficient (Wildman–Crippen LogP) is 3.15. The highest BCUT2D eigenvalue weighted by Crippen LogP contribution is 2.21. The van der Waals surface area contributed by atoms with Gasteiger partial charge in [0.15, 0.2) is 5.96 Å². The lowest BCUT2D eigenvalue weighted by molar-refractivity contribution is 0.122. The van der Waals surface area contributed by atoms with Gasteiger partial charge in [0.1, 0.15) is 5.82 Å². The summed E-state index contributed by atoms with van der Waals surface area (Å²) >= 11 is 0. The standard InChI is InChI=1S/C20H25FN4O.HI/c1-22-20(23-14-16-5-3-2-4-6-16)24-15-17-7-8-19(18(21)13-17)25-9-11-26-12-10-25;/h2-8,13H,9-12,14-15H2,1H3,(H2,22,23,24);1H. The molecule has 3 rings (SSSR count). The molecule has 7 heteroatoms. The second-order valence-electron chi connectivity index (χ2n) is 6.15. The molecule has 0 aromatic heterocycles. The zero-order chi connectivity index (χ0) is 18.2. The minimum Gasteiger partial charge on any atom is -0.378 e. The number of guanidine groups is 1. The van der Waals surface area contributed by atoms with Gasteiger partial charge in [0, 0.05) is 33.2 Å². The summed E-state index contributed by atoms with van der Waals surface area (Å²) in [4.78, 5) is 6.23. The maximum atomic E-state index is 14.5. The van der Waals surface area contributed by atoms with E-state index < -0.39 is 0 Å². The van der Waals surface area contributed by atoms with E-state index in [1.807, 2.05) is 35.2 Å². The molecule has 2 aromatic rings. The molecule has 1 fully saturated rings. The van der Waals surface area contributed by atoms with Crippen molar-refractivity contribution in [2.45, 2.75) is 13.1 Å². The van der Waals surface area contributed by atoms with Gasteiger partial charge in [-0.05, 0) is 23.3 Å². The molecular formula is C20H26FIN4O. The summed E-state index contributed by atoms with van der Waals surface area (Å²) in [5, 5.41) is 6.48. The Labute approximate surface area is 177 Å². The lowest BCUT2D eigenvalue weighted by Crippen LogP contribution is -2.37. The Morgan fingerprint density at radius 3 is 2.33 bits per heavy atom. The van der Waals surface area contributed by atoms with Crippen LogP contribution in [-0.2, 0) is 17.8 Å². The zero-order valence-corrected chi connectivity index (χ0v) is 17.8. The number of anilines is 1. The average molecular weight is 484 g/mol. The van der Waals surface area contributed by atoms with Crippen molar-refractivity contribution in [2.75, 3.05) is 38.3 Å². The Hall–Kier alpha value is -1.87. The van der Waals surface area contributed by atoms with Crippen molar-refractivity contribution >= 4 is 35.6 Å². The molecule has 0 amide bonds. The normalized spacial score (nSPS) is 14.4. The van der Waals surface area contributed by atoms with E-state index in [4.69, 9.17) is 4.74 Å². The molecule has 146 valence electrons. The quantitative estimate of drug-likeness (QED) is 0.389. The van der Waals surface area contributed by atoms with Crippen LogP contribution in [0.5, 0.6) is 0 Å². The minimum absolute atomic E-state index is 0. The molecule has 1 aliphatic heterocycles. The van der Waals surface area contributed by atoms with E-state index in [0.717, 1.165) is 18.7 Å². The van der Waals surface area contributed by atoms with E-state index in [9.17, 15) is 4.39 Å². The number of ether oxygens (including phenoxy) is 1. The van der Waals surface area contributed by atoms with Crippen molar-refractivity contribution in [3.05, 3.63) is 65.5 Å². The zero-order valence-electron chi connectivity index (χ0n) is 15.5. The lowest BCUT2D eigenvalue weighted by Gasteiger charge is -2.29. The predicted molar refractivity (Wildman–Crippen MR) is 118 cm³/mol.